The average molecular weight is 434 g/mol. The maximum absolute atomic E-state index is 12.6. The van der Waals surface area contributed by atoms with Crippen molar-refractivity contribution in [3.8, 4) is 0 Å². The quantitative estimate of drug-likeness (QED) is 0.750. The summed E-state index contributed by atoms with van der Waals surface area (Å²) in [6.45, 7) is 2.63. The number of hydrogen-bond acceptors (Lipinski definition) is 3. The molecule has 0 radical (unpaired) electrons. The van der Waals surface area contributed by atoms with Crippen molar-refractivity contribution in [3.05, 3.63) is 35.4 Å². The Morgan fingerprint density at radius 2 is 1.86 bits per heavy atom. The van der Waals surface area contributed by atoms with Gasteiger partial charge in [0.15, 0.2) is 0 Å². The molecular formula is C20H27ClF3N3O2. The van der Waals surface area contributed by atoms with Crippen LogP contribution in [-0.4, -0.2) is 48.9 Å². The smallest absolute Gasteiger partial charge is 0.354 e. The molecule has 2 heterocycles. The van der Waals surface area contributed by atoms with E-state index in [4.69, 9.17) is 0 Å². The Kier molecular flexibility index (Phi) is 8.34. The number of hydrogen-bond donors (Lipinski definition) is 2. The minimum absolute atomic E-state index is 0. The summed E-state index contributed by atoms with van der Waals surface area (Å²) in [6.07, 6.45) is -0.615. The second-order valence-electron chi connectivity index (χ2n) is 7.61. The number of likely N-dealkylation sites (tertiary alicyclic amines) is 1. The van der Waals surface area contributed by atoms with E-state index in [1.165, 1.54) is 12.1 Å². The molecule has 0 aliphatic carbocycles. The summed E-state index contributed by atoms with van der Waals surface area (Å²) in [7, 11) is 0. The summed E-state index contributed by atoms with van der Waals surface area (Å²) in [5.74, 6) is 0.134. The van der Waals surface area contributed by atoms with Crippen molar-refractivity contribution in [1.29, 1.82) is 0 Å². The van der Waals surface area contributed by atoms with E-state index in [0.29, 0.717) is 25.2 Å². The Bertz CT molecular complexity index is 691. The number of carbonyl (C=O) groups is 2. The second-order valence-corrected chi connectivity index (χ2v) is 7.61. The zero-order valence-electron chi connectivity index (χ0n) is 16.1. The highest BCUT2D eigenvalue weighted by atomic mass is 35.5. The van der Waals surface area contributed by atoms with Crippen molar-refractivity contribution in [2.45, 2.75) is 44.3 Å². The molecule has 2 atom stereocenters. The predicted molar refractivity (Wildman–Crippen MR) is 106 cm³/mol. The number of rotatable bonds is 5. The lowest BCUT2D eigenvalue weighted by molar-refractivity contribution is -0.137. The molecule has 3 rings (SSSR count). The summed E-state index contributed by atoms with van der Waals surface area (Å²) >= 11 is 0. The first-order valence-electron chi connectivity index (χ1n) is 9.78. The first-order valence-corrected chi connectivity index (χ1v) is 9.78. The predicted octanol–water partition coefficient (Wildman–Crippen LogP) is 2.78. The van der Waals surface area contributed by atoms with Crippen LogP contribution in [0.25, 0.3) is 0 Å². The van der Waals surface area contributed by atoms with Crippen LogP contribution < -0.4 is 10.6 Å². The molecule has 0 saturated carbocycles. The summed E-state index contributed by atoms with van der Waals surface area (Å²) < 4.78 is 37.9. The van der Waals surface area contributed by atoms with E-state index < -0.39 is 11.7 Å². The Hall–Kier alpha value is -1.80. The molecule has 9 heteroatoms. The maximum atomic E-state index is 12.6. The Balaban J connectivity index is 0.00000300. The number of amides is 2. The number of alkyl halides is 3. The largest absolute Gasteiger partial charge is 0.416 e. The van der Waals surface area contributed by atoms with Gasteiger partial charge >= 0.3 is 6.18 Å². The van der Waals surface area contributed by atoms with Gasteiger partial charge in [0, 0.05) is 19.6 Å². The van der Waals surface area contributed by atoms with E-state index in [0.717, 1.165) is 44.4 Å². The molecule has 0 spiro atoms. The number of nitrogens with zero attached hydrogens (tertiary/aromatic N) is 1. The van der Waals surface area contributed by atoms with Crippen LogP contribution in [0.15, 0.2) is 24.3 Å². The maximum Gasteiger partial charge on any atom is 0.416 e. The fraction of sp³-hybridized carbons (Fsp3) is 0.600. The van der Waals surface area contributed by atoms with Gasteiger partial charge in [-0.25, -0.2) is 0 Å². The number of piperidine rings is 1. The molecule has 5 nitrogen and oxygen atoms in total. The van der Waals surface area contributed by atoms with Gasteiger partial charge in [0.05, 0.1) is 18.0 Å². The molecule has 2 amide bonds. The van der Waals surface area contributed by atoms with Crippen LogP contribution in [-0.2, 0) is 22.2 Å². The van der Waals surface area contributed by atoms with Gasteiger partial charge in [-0.05, 0) is 55.8 Å². The molecule has 162 valence electrons. The normalized spacial score (nSPS) is 22.1. The van der Waals surface area contributed by atoms with Gasteiger partial charge < -0.3 is 15.5 Å². The van der Waals surface area contributed by atoms with Crippen LogP contribution in [0.5, 0.6) is 0 Å². The van der Waals surface area contributed by atoms with Crippen LogP contribution >= 0.6 is 12.4 Å². The zero-order valence-corrected chi connectivity index (χ0v) is 17.0. The molecule has 0 aromatic heterocycles. The third-order valence-electron chi connectivity index (χ3n) is 5.45. The van der Waals surface area contributed by atoms with Gasteiger partial charge in [-0.3, -0.25) is 9.59 Å². The molecular weight excluding hydrogens is 407 g/mol. The zero-order chi connectivity index (χ0) is 20.1. The van der Waals surface area contributed by atoms with Crippen molar-refractivity contribution in [3.63, 3.8) is 0 Å². The molecule has 0 bridgehead atoms. The van der Waals surface area contributed by atoms with Gasteiger partial charge in [0.25, 0.3) is 0 Å². The van der Waals surface area contributed by atoms with E-state index in [-0.39, 0.29) is 42.6 Å². The topological polar surface area (TPSA) is 61.4 Å². The van der Waals surface area contributed by atoms with Gasteiger partial charge in [0.2, 0.25) is 11.8 Å². The van der Waals surface area contributed by atoms with Crippen LogP contribution in [0.1, 0.15) is 36.8 Å². The molecule has 2 fully saturated rings. The van der Waals surface area contributed by atoms with Gasteiger partial charge in [-0.1, -0.05) is 12.1 Å². The minimum Gasteiger partial charge on any atom is -0.354 e. The molecule has 2 aliphatic rings. The van der Waals surface area contributed by atoms with E-state index >= 15 is 0 Å². The lowest BCUT2D eigenvalue weighted by atomic mass is 9.97. The molecule has 2 N–H and O–H groups in total. The SMILES string of the molecule is Cl.O=C(NCC1CCCN(C(=O)Cc2ccc(C(F)(F)F)cc2)C1)C1CCCN1. The first kappa shape index (κ1) is 23.5. The van der Waals surface area contributed by atoms with Gasteiger partial charge in [0.1, 0.15) is 0 Å². The van der Waals surface area contributed by atoms with Crippen molar-refractivity contribution in [2.75, 3.05) is 26.2 Å². The summed E-state index contributed by atoms with van der Waals surface area (Å²) in [6, 6.07) is 4.62. The summed E-state index contributed by atoms with van der Waals surface area (Å²) in [5.41, 5.74) is -0.144. The monoisotopic (exact) mass is 433 g/mol. The van der Waals surface area contributed by atoms with E-state index in [2.05, 4.69) is 10.6 Å². The third-order valence-corrected chi connectivity index (χ3v) is 5.45. The van der Waals surface area contributed by atoms with Crippen molar-refractivity contribution >= 4 is 24.2 Å². The summed E-state index contributed by atoms with van der Waals surface area (Å²) in [4.78, 5) is 26.4. The number of benzene rings is 1. The van der Waals surface area contributed by atoms with Crippen molar-refractivity contribution in [1.82, 2.24) is 15.5 Å². The third kappa shape index (κ3) is 6.60. The molecule has 29 heavy (non-hydrogen) atoms. The number of nitrogens with one attached hydrogen (secondary N) is 2. The van der Waals surface area contributed by atoms with E-state index in [9.17, 15) is 22.8 Å². The first-order chi connectivity index (χ1) is 13.3. The fourth-order valence-electron chi connectivity index (χ4n) is 3.83. The average Bonchev–Trinajstić information content (AvgIpc) is 3.21. The number of halogens is 4. The number of carbonyl (C=O) groups excluding carboxylic acids is 2. The summed E-state index contributed by atoms with van der Waals surface area (Å²) in [5, 5.41) is 6.14. The van der Waals surface area contributed by atoms with Crippen LogP contribution in [0.2, 0.25) is 0 Å². The minimum atomic E-state index is -4.37. The van der Waals surface area contributed by atoms with Crippen LogP contribution in [0.4, 0.5) is 13.2 Å². The molecule has 2 saturated heterocycles. The highest BCUT2D eigenvalue weighted by Gasteiger charge is 2.30. The Morgan fingerprint density at radius 1 is 1.14 bits per heavy atom. The standard InChI is InChI=1S/C20H26F3N3O2.ClH/c21-20(22,23)16-7-5-14(6-8-16)11-18(27)26-10-2-3-15(13-26)12-25-19(28)17-4-1-9-24-17;/h5-8,15,17,24H,1-4,9-13H2,(H,25,28);1H. The molecule has 1 aromatic carbocycles. The Labute approximate surface area is 174 Å². The highest BCUT2D eigenvalue weighted by molar-refractivity contribution is 5.85. The van der Waals surface area contributed by atoms with Crippen molar-refractivity contribution < 1.29 is 22.8 Å². The molecule has 2 aliphatic heterocycles. The second kappa shape index (κ2) is 10.3. The fourth-order valence-corrected chi connectivity index (χ4v) is 3.83. The van der Waals surface area contributed by atoms with E-state index in [1.807, 2.05) is 0 Å². The van der Waals surface area contributed by atoms with Crippen LogP contribution in [0, 0.1) is 5.92 Å². The van der Waals surface area contributed by atoms with Gasteiger partial charge in [-0.2, -0.15) is 13.2 Å². The van der Waals surface area contributed by atoms with E-state index in [1.54, 1.807) is 4.90 Å². The highest BCUT2D eigenvalue weighted by Crippen LogP contribution is 2.29. The molecule has 2 unspecified atom stereocenters. The molecule has 1 aromatic rings. The van der Waals surface area contributed by atoms with Crippen LogP contribution in [0.3, 0.4) is 0 Å². The lowest BCUT2D eigenvalue weighted by Gasteiger charge is -2.33. The lowest BCUT2D eigenvalue weighted by Crippen LogP contribution is -2.47. The Morgan fingerprint density at radius 3 is 2.48 bits per heavy atom. The van der Waals surface area contributed by atoms with Gasteiger partial charge in [-0.15, -0.1) is 12.4 Å². The van der Waals surface area contributed by atoms with Crippen molar-refractivity contribution in [2.24, 2.45) is 5.92 Å².